The molecule has 1 saturated heterocycles. The zero-order chi connectivity index (χ0) is 14.8. The van der Waals surface area contributed by atoms with Crippen molar-refractivity contribution in [1.29, 1.82) is 0 Å². The van der Waals surface area contributed by atoms with Crippen LogP contribution in [-0.2, 0) is 9.53 Å². The second-order valence-corrected chi connectivity index (χ2v) is 5.47. The molecule has 0 saturated carbocycles. The van der Waals surface area contributed by atoms with Gasteiger partial charge in [0.25, 0.3) is 5.91 Å². The van der Waals surface area contributed by atoms with Gasteiger partial charge in [-0.1, -0.05) is 0 Å². The minimum Gasteiger partial charge on any atom is -0.480 e. The van der Waals surface area contributed by atoms with E-state index in [1.165, 1.54) is 28.7 Å². The fraction of sp³-hybridized carbons (Fsp3) is 0.308. The fourth-order valence-electron chi connectivity index (χ4n) is 2.08. The van der Waals surface area contributed by atoms with Crippen LogP contribution in [0, 0.1) is 0 Å². The first-order valence-corrected chi connectivity index (χ1v) is 7.09. The summed E-state index contributed by atoms with van der Waals surface area (Å²) < 4.78 is 10.3. The summed E-state index contributed by atoms with van der Waals surface area (Å²) in [5.41, 5.74) is 0. The quantitative estimate of drug-likeness (QED) is 0.919. The SMILES string of the molecule is O=C(O)[C@@H]1COCCN1C(=O)c1cnc(-c2ccco2)s1. The first-order chi connectivity index (χ1) is 10.2. The molecule has 1 N–H and O–H groups in total. The maximum Gasteiger partial charge on any atom is 0.328 e. The predicted molar refractivity (Wildman–Crippen MR) is 73.1 cm³/mol. The number of furan rings is 1. The molecule has 8 heteroatoms. The predicted octanol–water partition coefficient (Wildman–Crippen LogP) is 1.33. The average molecular weight is 308 g/mol. The van der Waals surface area contributed by atoms with Gasteiger partial charge < -0.3 is 19.2 Å². The molecule has 1 fully saturated rings. The minimum atomic E-state index is -1.07. The Kier molecular flexibility index (Phi) is 3.72. The topological polar surface area (TPSA) is 92.9 Å². The standard InChI is InChI=1S/C13H12N2O5S/c16-12(15-3-5-19-7-8(15)13(17)18)10-6-14-11(21-10)9-2-1-4-20-9/h1-2,4,6,8H,3,5,7H2,(H,17,18)/t8-/m0/s1. The number of carboxylic acid groups (broad SMARTS) is 1. The minimum absolute atomic E-state index is 0.00488. The van der Waals surface area contributed by atoms with Gasteiger partial charge in [0.05, 0.1) is 25.7 Å². The monoisotopic (exact) mass is 308 g/mol. The molecule has 2 aromatic heterocycles. The summed E-state index contributed by atoms with van der Waals surface area (Å²) in [6, 6.07) is 2.53. The smallest absolute Gasteiger partial charge is 0.328 e. The van der Waals surface area contributed by atoms with Crippen molar-refractivity contribution in [2.75, 3.05) is 19.8 Å². The van der Waals surface area contributed by atoms with Crippen molar-refractivity contribution in [2.24, 2.45) is 0 Å². The molecule has 0 radical (unpaired) electrons. The molecule has 0 spiro atoms. The van der Waals surface area contributed by atoms with Gasteiger partial charge in [0.1, 0.15) is 4.88 Å². The van der Waals surface area contributed by atoms with Crippen LogP contribution in [0.25, 0.3) is 10.8 Å². The lowest BCUT2D eigenvalue weighted by Crippen LogP contribution is -2.52. The van der Waals surface area contributed by atoms with Crippen molar-refractivity contribution in [2.45, 2.75) is 6.04 Å². The molecular weight excluding hydrogens is 296 g/mol. The summed E-state index contributed by atoms with van der Waals surface area (Å²) in [6.45, 7) is 0.591. The molecule has 21 heavy (non-hydrogen) atoms. The molecule has 1 aliphatic rings. The number of hydrogen-bond donors (Lipinski definition) is 1. The summed E-state index contributed by atoms with van der Waals surface area (Å²) >= 11 is 1.18. The lowest BCUT2D eigenvalue weighted by Gasteiger charge is -2.32. The van der Waals surface area contributed by atoms with E-state index in [1.54, 1.807) is 12.1 Å². The van der Waals surface area contributed by atoms with Gasteiger partial charge in [0, 0.05) is 6.54 Å². The van der Waals surface area contributed by atoms with Gasteiger partial charge >= 0.3 is 5.97 Å². The summed E-state index contributed by atoms with van der Waals surface area (Å²) in [4.78, 5) is 29.5. The normalized spacial score (nSPS) is 18.7. The number of hydrogen-bond acceptors (Lipinski definition) is 6. The highest BCUT2D eigenvalue weighted by Gasteiger charge is 2.34. The number of carboxylic acids is 1. The van der Waals surface area contributed by atoms with Gasteiger partial charge in [-0.2, -0.15) is 0 Å². The van der Waals surface area contributed by atoms with Crippen LogP contribution in [0.4, 0.5) is 0 Å². The molecular formula is C13H12N2O5S. The Hall–Kier alpha value is -2.19. The highest BCUT2D eigenvalue weighted by molar-refractivity contribution is 7.16. The lowest BCUT2D eigenvalue weighted by molar-refractivity contribution is -0.147. The lowest BCUT2D eigenvalue weighted by atomic mass is 10.2. The summed E-state index contributed by atoms with van der Waals surface area (Å²) in [5, 5.41) is 9.75. The van der Waals surface area contributed by atoms with Crippen LogP contribution >= 0.6 is 11.3 Å². The number of aliphatic carboxylic acids is 1. The first-order valence-electron chi connectivity index (χ1n) is 6.28. The summed E-state index contributed by atoms with van der Waals surface area (Å²) in [7, 11) is 0. The van der Waals surface area contributed by atoms with E-state index in [2.05, 4.69) is 4.98 Å². The Morgan fingerprint density at radius 2 is 2.33 bits per heavy atom. The molecule has 0 unspecified atom stereocenters. The average Bonchev–Trinajstić information content (AvgIpc) is 3.17. The number of aromatic nitrogens is 1. The van der Waals surface area contributed by atoms with Crippen molar-refractivity contribution in [3.63, 3.8) is 0 Å². The third-order valence-corrected chi connectivity index (χ3v) is 4.12. The van der Waals surface area contributed by atoms with Crippen molar-refractivity contribution < 1.29 is 23.8 Å². The van der Waals surface area contributed by atoms with Crippen LogP contribution in [0.5, 0.6) is 0 Å². The molecule has 2 aromatic rings. The number of rotatable bonds is 3. The highest BCUT2D eigenvalue weighted by atomic mass is 32.1. The van der Waals surface area contributed by atoms with E-state index >= 15 is 0 Å². The van der Waals surface area contributed by atoms with Gasteiger partial charge in [0.2, 0.25) is 0 Å². The van der Waals surface area contributed by atoms with E-state index in [1.807, 2.05) is 0 Å². The van der Waals surface area contributed by atoms with Crippen LogP contribution in [0.15, 0.2) is 29.0 Å². The van der Waals surface area contributed by atoms with Gasteiger partial charge in [-0.25, -0.2) is 9.78 Å². The molecule has 1 aliphatic heterocycles. The molecule has 0 bridgehead atoms. The fourth-order valence-corrected chi connectivity index (χ4v) is 2.92. The highest BCUT2D eigenvalue weighted by Crippen LogP contribution is 2.27. The molecule has 0 aromatic carbocycles. The van der Waals surface area contributed by atoms with Crippen molar-refractivity contribution >= 4 is 23.2 Å². The molecule has 1 amide bonds. The molecule has 3 rings (SSSR count). The Labute approximate surface area is 123 Å². The van der Waals surface area contributed by atoms with Crippen LogP contribution in [0.3, 0.4) is 0 Å². The number of morpholine rings is 1. The van der Waals surface area contributed by atoms with E-state index < -0.39 is 12.0 Å². The Bertz CT molecular complexity index is 651. The van der Waals surface area contributed by atoms with Gasteiger partial charge in [-0.05, 0) is 12.1 Å². The van der Waals surface area contributed by atoms with E-state index in [9.17, 15) is 9.59 Å². The summed E-state index contributed by atoms with van der Waals surface area (Å²) in [5.74, 6) is -0.837. The Balaban J connectivity index is 1.83. The maximum atomic E-state index is 12.4. The largest absolute Gasteiger partial charge is 0.480 e. The van der Waals surface area contributed by atoms with E-state index in [-0.39, 0.29) is 19.1 Å². The van der Waals surface area contributed by atoms with Crippen molar-refractivity contribution in [1.82, 2.24) is 9.88 Å². The van der Waals surface area contributed by atoms with Crippen LogP contribution in [0.1, 0.15) is 9.67 Å². The maximum absolute atomic E-state index is 12.4. The third-order valence-electron chi connectivity index (χ3n) is 3.12. The zero-order valence-electron chi connectivity index (χ0n) is 10.9. The van der Waals surface area contributed by atoms with Gasteiger partial charge in [-0.3, -0.25) is 4.79 Å². The molecule has 3 heterocycles. The van der Waals surface area contributed by atoms with Crippen LogP contribution in [0.2, 0.25) is 0 Å². The second-order valence-electron chi connectivity index (χ2n) is 4.43. The molecule has 110 valence electrons. The van der Waals surface area contributed by atoms with Gasteiger partial charge in [-0.15, -0.1) is 11.3 Å². The molecule has 0 aliphatic carbocycles. The number of carbonyl (C=O) groups is 2. The Morgan fingerprint density at radius 1 is 1.48 bits per heavy atom. The van der Waals surface area contributed by atoms with Crippen LogP contribution < -0.4 is 0 Å². The number of carbonyl (C=O) groups excluding carboxylic acids is 1. The number of amides is 1. The number of nitrogens with zero attached hydrogens (tertiary/aromatic N) is 2. The molecule has 1 atom stereocenters. The van der Waals surface area contributed by atoms with E-state index in [4.69, 9.17) is 14.3 Å². The second kappa shape index (κ2) is 5.66. The van der Waals surface area contributed by atoms with Crippen LogP contribution in [-0.4, -0.2) is 52.7 Å². The van der Waals surface area contributed by atoms with Crippen molar-refractivity contribution in [3.05, 3.63) is 29.5 Å². The van der Waals surface area contributed by atoms with Gasteiger partial charge in [0.15, 0.2) is 16.8 Å². The Morgan fingerprint density at radius 3 is 3.05 bits per heavy atom. The molecule has 7 nitrogen and oxygen atoms in total. The van der Waals surface area contributed by atoms with E-state index in [0.717, 1.165) is 0 Å². The number of ether oxygens (including phenoxy) is 1. The summed E-state index contributed by atoms with van der Waals surface area (Å²) in [6.07, 6.45) is 2.97. The third kappa shape index (κ3) is 2.67. The number of thiazole rings is 1. The van der Waals surface area contributed by atoms with E-state index in [0.29, 0.717) is 22.3 Å². The van der Waals surface area contributed by atoms with Crippen molar-refractivity contribution in [3.8, 4) is 10.8 Å². The zero-order valence-corrected chi connectivity index (χ0v) is 11.7. The first kappa shape index (κ1) is 13.8.